The first-order valence-corrected chi connectivity index (χ1v) is 8.65. The third-order valence-electron chi connectivity index (χ3n) is 2.16. The first kappa shape index (κ1) is 22.9. The molecule has 0 aliphatic carbocycles. The highest BCUT2D eigenvalue weighted by Gasteiger charge is 2.32. The van der Waals surface area contributed by atoms with Crippen molar-refractivity contribution in [2.75, 3.05) is 61.0 Å². The molecule has 0 heterocycles. The Morgan fingerprint density at radius 3 is 1.13 bits per heavy atom. The molecule has 0 amide bonds. The lowest BCUT2D eigenvalue weighted by molar-refractivity contribution is -0.325. The maximum absolute atomic E-state index is 12.2. The molecule has 0 saturated heterocycles. The molecule has 0 aromatic carbocycles. The van der Waals surface area contributed by atoms with Crippen molar-refractivity contribution in [3.05, 3.63) is 0 Å². The van der Waals surface area contributed by atoms with E-state index in [2.05, 4.69) is 14.0 Å². The van der Waals surface area contributed by atoms with Crippen molar-refractivity contribution in [3.63, 3.8) is 0 Å². The van der Waals surface area contributed by atoms with Crippen LogP contribution in [0.2, 0.25) is 0 Å². The van der Waals surface area contributed by atoms with Gasteiger partial charge in [0.2, 0.25) is 0 Å². The molecule has 0 aliphatic heterocycles. The van der Waals surface area contributed by atoms with Gasteiger partial charge in [-0.15, -0.1) is 14.0 Å². The van der Waals surface area contributed by atoms with Crippen LogP contribution in [0.3, 0.4) is 0 Å². The Balaban J connectivity index is 4.03. The average molecular weight is 362 g/mol. The second kappa shape index (κ2) is 16.7. The lowest BCUT2D eigenvalue weighted by Crippen LogP contribution is -2.07. The molecule has 0 aliphatic rings. The largest absolute Gasteiger partial charge is 0.556 e. The van der Waals surface area contributed by atoms with Crippen LogP contribution in [0.25, 0.3) is 0 Å². The topological polar surface area (TPSA) is 100 Å². The molecule has 0 radical (unpaired) electrons. The number of phosphoric acid groups is 1. The summed E-state index contributed by atoms with van der Waals surface area (Å²) < 4.78 is 40.6. The van der Waals surface area contributed by atoms with Crippen LogP contribution in [0.1, 0.15) is 19.3 Å². The molecule has 0 unspecified atom stereocenters. The van der Waals surface area contributed by atoms with Gasteiger partial charge in [-0.25, -0.2) is 19.2 Å². The van der Waals surface area contributed by atoms with Crippen molar-refractivity contribution >= 4 is 7.82 Å². The molecule has 0 fully saturated rings. The number of hydrogen-bond donors (Lipinski definition) is 0. The van der Waals surface area contributed by atoms with Gasteiger partial charge in [-0.1, -0.05) is 0 Å². The van der Waals surface area contributed by atoms with Crippen LogP contribution in [0.5, 0.6) is 0 Å². The molecule has 140 valence electrons. The smallest absolute Gasteiger partial charge is 0.385 e. The van der Waals surface area contributed by atoms with Crippen molar-refractivity contribution in [1.82, 2.24) is 0 Å². The Morgan fingerprint density at radius 1 is 0.565 bits per heavy atom. The minimum atomic E-state index is -4.15. The van der Waals surface area contributed by atoms with E-state index in [1.54, 1.807) is 21.3 Å². The van der Waals surface area contributed by atoms with Crippen molar-refractivity contribution < 1.29 is 47.5 Å². The van der Waals surface area contributed by atoms with Crippen LogP contribution in [0.4, 0.5) is 0 Å². The highest BCUT2D eigenvalue weighted by atomic mass is 31.2. The van der Waals surface area contributed by atoms with E-state index < -0.39 is 7.82 Å². The van der Waals surface area contributed by atoms with E-state index in [1.807, 2.05) is 0 Å². The van der Waals surface area contributed by atoms with E-state index >= 15 is 0 Å². The summed E-state index contributed by atoms with van der Waals surface area (Å²) in [5.74, 6) is 0. The summed E-state index contributed by atoms with van der Waals surface area (Å²) in [5, 5.41) is 0. The second-order valence-electron chi connectivity index (χ2n) is 4.18. The molecule has 0 aromatic rings. The monoisotopic (exact) mass is 362 g/mol. The lowest BCUT2D eigenvalue weighted by atomic mass is 10.5. The van der Waals surface area contributed by atoms with Gasteiger partial charge in [-0.05, 0) is 19.3 Å². The predicted octanol–water partition coefficient (Wildman–Crippen LogP) is 2.05. The normalized spacial score (nSPS) is 12.0. The Morgan fingerprint density at radius 2 is 0.870 bits per heavy atom. The first-order chi connectivity index (χ1) is 11.2. The zero-order chi connectivity index (χ0) is 17.2. The fraction of sp³-hybridized carbons (Fsp3) is 1.00. The van der Waals surface area contributed by atoms with Crippen LogP contribution in [-0.4, -0.2) is 61.0 Å². The van der Waals surface area contributed by atoms with E-state index in [1.165, 1.54) is 0 Å². The molecule has 10 nitrogen and oxygen atoms in total. The van der Waals surface area contributed by atoms with E-state index in [0.29, 0.717) is 39.1 Å². The molecule has 0 atom stereocenters. The third-order valence-corrected chi connectivity index (χ3v) is 3.02. The zero-order valence-corrected chi connectivity index (χ0v) is 14.8. The maximum Gasteiger partial charge on any atom is 0.556 e. The van der Waals surface area contributed by atoms with Gasteiger partial charge in [0.05, 0.1) is 19.8 Å². The van der Waals surface area contributed by atoms with Crippen molar-refractivity contribution in [2.45, 2.75) is 19.3 Å². The summed E-state index contributed by atoms with van der Waals surface area (Å²) in [7, 11) is 0.511. The van der Waals surface area contributed by atoms with Crippen LogP contribution in [0.15, 0.2) is 0 Å². The predicted molar refractivity (Wildman–Crippen MR) is 78.2 cm³/mol. The summed E-state index contributed by atoms with van der Waals surface area (Å²) in [6.45, 7) is 1.82. The second-order valence-corrected chi connectivity index (χ2v) is 5.52. The van der Waals surface area contributed by atoms with Crippen LogP contribution >= 0.6 is 7.82 Å². The standard InChI is InChI=1S/C12H27O10P/c1-14-7-4-10-17-20-23(13,21-18-11-5-8-15-2)22-19-12-6-9-16-3/h4-12H2,1-3H3. The molecule has 0 rings (SSSR count). The lowest BCUT2D eigenvalue weighted by Gasteiger charge is -2.14. The number of ether oxygens (including phenoxy) is 3. The molecule has 0 spiro atoms. The molecule has 0 N–H and O–H groups in total. The van der Waals surface area contributed by atoms with Crippen LogP contribution in [-0.2, 0) is 47.5 Å². The summed E-state index contributed by atoms with van der Waals surface area (Å²) >= 11 is 0. The fourth-order valence-corrected chi connectivity index (χ4v) is 1.81. The molecule has 23 heavy (non-hydrogen) atoms. The quantitative estimate of drug-likeness (QED) is 0.156. The molecule has 0 saturated carbocycles. The van der Waals surface area contributed by atoms with Crippen LogP contribution < -0.4 is 0 Å². The molecule has 0 bridgehead atoms. The summed E-state index contributed by atoms with van der Waals surface area (Å²) in [4.78, 5) is 14.3. The molecular weight excluding hydrogens is 335 g/mol. The molecule has 11 heteroatoms. The minimum Gasteiger partial charge on any atom is -0.385 e. The molecule has 0 aromatic heterocycles. The van der Waals surface area contributed by atoms with Gasteiger partial charge in [0.1, 0.15) is 0 Å². The minimum absolute atomic E-state index is 0.137. The van der Waals surface area contributed by atoms with Gasteiger partial charge < -0.3 is 14.2 Å². The Labute approximate surface area is 136 Å². The van der Waals surface area contributed by atoms with Gasteiger partial charge in [-0.3, -0.25) is 0 Å². The van der Waals surface area contributed by atoms with E-state index in [-0.39, 0.29) is 19.8 Å². The maximum atomic E-state index is 12.2. The van der Waals surface area contributed by atoms with Gasteiger partial charge >= 0.3 is 7.82 Å². The third kappa shape index (κ3) is 15.2. The zero-order valence-electron chi connectivity index (χ0n) is 13.9. The van der Waals surface area contributed by atoms with Gasteiger partial charge in [0.25, 0.3) is 0 Å². The number of hydrogen-bond acceptors (Lipinski definition) is 10. The van der Waals surface area contributed by atoms with Crippen molar-refractivity contribution in [2.24, 2.45) is 0 Å². The number of rotatable bonds is 18. The first-order valence-electron chi connectivity index (χ1n) is 7.19. The highest BCUT2D eigenvalue weighted by molar-refractivity contribution is 7.48. The highest BCUT2D eigenvalue weighted by Crippen LogP contribution is 2.50. The van der Waals surface area contributed by atoms with Gasteiger partial charge in [-0.2, -0.15) is 0 Å². The van der Waals surface area contributed by atoms with Crippen LogP contribution in [0, 0.1) is 0 Å². The molecular formula is C12H27O10P. The number of methoxy groups -OCH3 is 3. The van der Waals surface area contributed by atoms with E-state index in [9.17, 15) is 4.57 Å². The summed E-state index contributed by atoms with van der Waals surface area (Å²) in [6.07, 6.45) is 1.62. The van der Waals surface area contributed by atoms with Crippen molar-refractivity contribution in [1.29, 1.82) is 0 Å². The van der Waals surface area contributed by atoms with Gasteiger partial charge in [0.15, 0.2) is 0 Å². The average Bonchev–Trinajstić information content (AvgIpc) is 2.54. The fourth-order valence-electron chi connectivity index (χ4n) is 1.13. The Kier molecular flexibility index (Phi) is 16.6. The summed E-state index contributed by atoms with van der Waals surface area (Å²) in [6, 6.07) is 0. The van der Waals surface area contributed by atoms with Crippen molar-refractivity contribution in [3.8, 4) is 0 Å². The van der Waals surface area contributed by atoms with E-state index in [0.717, 1.165) is 0 Å². The van der Waals surface area contributed by atoms with E-state index in [4.69, 9.17) is 28.9 Å². The Bertz CT molecular complexity index is 248. The Hall–Kier alpha value is -0.130. The summed E-state index contributed by atoms with van der Waals surface area (Å²) in [5.41, 5.74) is 0. The van der Waals surface area contributed by atoms with Gasteiger partial charge in [0, 0.05) is 41.2 Å². The SMILES string of the molecule is COCCCOOP(=O)(OOCCCOC)OOCCCOC.